The molecule has 1 N–H and O–H groups in total. The van der Waals surface area contributed by atoms with Crippen LogP contribution in [0.4, 0.5) is 0 Å². The molecule has 0 aliphatic heterocycles. The molecule has 0 aromatic carbocycles. The van der Waals surface area contributed by atoms with Crippen LogP contribution in [0.3, 0.4) is 0 Å². The van der Waals surface area contributed by atoms with Crippen molar-refractivity contribution in [3.63, 3.8) is 0 Å². The second kappa shape index (κ2) is 4.89. The lowest BCUT2D eigenvalue weighted by Gasteiger charge is -1.94. The molecule has 1 aromatic rings. The summed E-state index contributed by atoms with van der Waals surface area (Å²) < 4.78 is 0. The minimum Gasteiger partial charge on any atom is -0.301 e. The number of nitrogens with zero attached hydrogens (tertiary/aromatic N) is 1. The van der Waals surface area contributed by atoms with E-state index in [1.54, 1.807) is 11.3 Å². The molecule has 0 atom stereocenters. The zero-order valence-electron chi connectivity index (χ0n) is 6.42. The van der Waals surface area contributed by atoms with Crippen molar-refractivity contribution in [2.45, 2.75) is 13.5 Å². The van der Waals surface area contributed by atoms with E-state index in [9.17, 15) is 0 Å². The molecule has 1 rings (SSSR count). The van der Waals surface area contributed by atoms with Crippen LogP contribution in [-0.4, -0.2) is 11.5 Å². The summed E-state index contributed by atoms with van der Waals surface area (Å²) in [5.41, 5.74) is 2.93. The van der Waals surface area contributed by atoms with Gasteiger partial charge in [-0.25, -0.2) is 4.98 Å². The highest BCUT2D eigenvalue weighted by atomic mass is 32.1. The summed E-state index contributed by atoms with van der Waals surface area (Å²) in [7, 11) is 0. The van der Waals surface area contributed by atoms with Gasteiger partial charge in [-0.2, -0.15) is 0 Å². The van der Waals surface area contributed by atoms with Crippen LogP contribution < -0.4 is 5.32 Å². The summed E-state index contributed by atoms with van der Waals surface area (Å²) in [6.45, 7) is 3.40. The first-order valence-corrected chi connectivity index (χ1v) is 4.35. The Morgan fingerprint density at radius 3 is 3.27 bits per heavy atom. The minimum absolute atomic E-state index is 0.744. The van der Waals surface area contributed by atoms with Gasteiger partial charge in [-0.15, -0.1) is 17.3 Å². The molecule has 58 valence electrons. The van der Waals surface area contributed by atoms with E-state index in [0.717, 1.165) is 18.8 Å². The van der Waals surface area contributed by atoms with Gasteiger partial charge in [0.05, 0.1) is 17.7 Å². The lowest BCUT2D eigenvalue weighted by Crippen LogP contribution is -2.13. The molecule has 0 spiro atoms. The first-order chi connectivity index (χ1) is 5.43. The van der Waals surface area contributed by atoms with Crippen molar-refractivity contribution in [3.8, 4) is 11.8 Å². The van der Waals surface area contributed by atoms with Gasteiger partial charge >= 0.3 is 0 Å². The molecule has 0 fully saturated rings. The Morgan fingerprint density at radius 2 is 2.64 bits per heavy atom. The van der Waals surface area contributed by atoms with Crippen molar-refractivity contribution < 1.29 is 0 Å². The maximum absolute atomic E-state index is 4.12. The van der Waals surface area contributed by atoms with Crippen LogP contribution in [0.15, 0.2) is 10.9 Å². The first-order valence-electron chi connectivity index (χ1n) is 3.41. The predicted octanol–water partition coefficient (Wildman–Crippen LogP) is 1.26. The highest BCUT2D eigenvalue weighted by molar-refractivity contribution is 7.07. The standard InChI is InChI=1S/C8H10N2S/c1-2-3-4-9-5-8-6-11-7-10-8/h6-7,9H,4-5H2,1H3. The summed E-state index contributed by atoms with van der Waals surface area (Å²) >= 11 is 1.62. The number of rotatable bonds is 3. The third-order valence-electron chi connectivity index (χ3n) is 1.18. The van der Waals surface area contributed by atoms with E-state index in [2.05, 4.69) is 22.1 Å². The normalized spacial score (nSPS) is 8.82. The number of nitrogens with one attached hydrogen (secondary N) is 1. The summed E-state index contributed by atoms with van der Waals surface area (Å²) in [6.07, 6.45) is 0. The van der Waals surface area contributed by atoms with E-state index in [1.807, 2.05) is 17.8 Å². The molecule has 0 amide bonds. The van der Waals surface area contributed by atoms with Gasteiger partial charge in [-0.3, -0.25) is 0 Å². The molecule has 0 saturated heterocycles. The number of hydrogen-bond donors (Lipinski definition) is 1. The van der Waals surface area contributed by atoms with E-state index in [0.29, 0.717) is 0 Å². The van der Waals surface area contributed by atoms with Crippen LogP contribution in [0, 0.1) is 11.8 Å². The molecule has 2 nitrogen and oxygen atoms in total. The zero-order chi connectivity index (χ0) is 7.94. The molecule has 0 radical (unpaired) electrons. The van der Waals surface area contributed by atoms with Gasteiger partial charge < -0.3 is 5.32 Å². The lowest BCUT2D eigenvalue weighted by molar-refractivity contribution is 0.754. The van der Waals surface area contributed by atoms with Gasteiger partial charge in [0.25, 0.3) is 0 Å². The maximum Gasteiger partial charge on any atom is 0.0795 e. The number of hydrogen-bond acceptors (Lipinski definition) is 3. The summed E-state index contributed by atoms with van der Waals surface area (Å²) in [5, 5.41) is 5.19. The number of thiazole rings is 1. The fourth-order valence-corrected chi connectivity index (χ4v) is 1.22. The van der Waals surface area contributed by atoms with Crippen molar-refractivity contribution in [2.75, 3.05) is 6.54 Å². The van der Waals surface area contributed by atoms with Crippen LogP contribution >= 0.6 is 11.3 Å². The Hall–Kier alpha value is -0.850. The molecule has 1 heterocycles. The van der Waals surface area contributed by atoms with Gasteiger partial charge in [0.1, 0.15) is 0 Å². The highest BCUT2D eigenvalue weighted by Crippen LogP contribution is 1.98. The van der Waals surface area contributed by atoms with Crippen molar-refractivity contribution in [2.24, 2.45) is 0 Å². The predicted molar refractivity (Wildman–Crippen MR) is 47.3 cm³/mol. The van der Waals surface area contributed by atoms with Crippen molar-refractivity contribution >= 4 is 11.3 Å². The third-order valence-corrected chi connectivity index (χ3v) is 1.82. The van der Waals surface area contributed by atoms with E-state index in [-0.39, 0.29) is 0 Å². The van der Waals surface area contributed by atoms with Crippen molar-refractivity contribution in [3.05, 3.63) is 16.6 Å². The van der Waals surface area contributed by atoms with Crippen LogP contribution in [0.5, 0.6) is 0 Å². The average Bonchev–Trinajstić information content (AvgIpc) is 2.50. The fourth-order valence-electron chi connectivity index (χ4n) is 0.666. The quantitative estimate of drug-likeness (QED) is 0.540. The third kappa shape index (κ3) is 3.17. The number of aromatic nitrogens is 1. The molecule has 3 heteroatoms. The van der Waals surface area contributed by atoms with Crippen LogP contribution in [0.2, 0.25) is 0 Å². The summed E-state index contributed by atoms with van der Waals surface area (Å²) in [5.74, 6) is 5.74. The molecular weight excluding hydrogens is 156 g/mol. The Labute approximate surface area is 70.7 Å². The fraction of sp³-hybridized carbons (Fsp3) is 0.375. The molecule has 0 unspecified atom stereocenters. The van der Waals surface area contributed by atoms with E-state index in [1.165, 1.54) is 0 Å². The molecule has 11 heavy (non-hydrogen) atoms. The zero-order valence-corrected chi connectivity index (χ0v) is 7.24. The minimum atomic E-state index is 0.744. The molecule has 0 aliphatic rings. The summed E-state index contributed by atoms with van der Waals surface area (Å²) in [4.78, 5) is 4.12. The second-order valence-electron chi connectivity index (χ2n) is 2.01. The topological polar surface area (TPSA) is 24.9 Å². The van der Waals surface area contributed by atoms with Gasteiger partial charge in [0.15, 0.2) is 0 Å². The largest absolute Gasteiger partial charge is 0.301 e. The monoisotopic (exact) mass is 166 g/mol. The maximum atomic E-state index is 4.12. The smallest absolute Gasteiger partial charge is 0.0795 e. The van der Waals surface area contributed by atoms with Crippen molar-refractivity contribution in [1.82, 2.24) is 10.3 Å². The molecule has 0 bridgehead atoms. The van der Waals surface area contributed by atoms with Crippen LogP contribution in [0.25, 0.3) is 0 Å². The van der Waals surface area contributed by atoms with Gasteiger partial charge in [-0.05, 0) is 6.92 Å². The molecule has 0 aliphatic carbocycles. The van der Waals surface area contributed by atoms with E-state index in [4.69, 9.17) is 0 Å². The van der Waals surface area contributed by atoms with Crippen molar-refractivity contribution in [1.29, 1.82) is 0 Å². The summed E-state index contributed by atoms with van der Waals surface area (Å²) in [6, 6.07) is 0. The second-order valence-corrected chi connectivity index (χ2v) is 2.73. The van der Waals surface area contributed by atoms with Gasteiger partial charge in [-0.1, -0.05) is 5.92 Å². The van der Waals surface area contributed by atoms with Gasteiger partial charge in [0.2, 0.25) is 0 Å². The first kappa shape index (κ1) is 8.25. The Bertz CT molecular complexity index is 243. The van der Waals surface area contributed by atoms with E-state index < -0.39 is 0 Å². The van der Waals surface area contributed by atoms with Crippen LogP contribution in [-0.2, 0) is 6.54 Å². The van der Waals surface area contributed by atoms with E-state index >= 15 is 0 Å². The molecule has 1 aromatic heterocycles. The molecule has 0 saturated carbocycles. The Kier molecular flexibility index (Phi) is 3.67. The Balaban J connectivity index is 2.17. The SMILES string of the molecule is CC#CCNCc1cscn1. The van der Waals surface area contributed by atoms with Gasteiger partial charge in [0, 0.05) is 11.9 Å². The Morgan fingerprint density at radius 1 is 1.73 bits per heavy atom. The average molecular weight is 166 g/mol. The highest BCUT2D eigenvalue weighted by Gasteiger charge is 1.90. The molecular formula is C8H10N2S. The van der Waals surface area contributed by atoms with Crippen LogP contribution in [0.1, 0.15) is 12.6 Å². The lowest BCUT2D eigenvalue weighted by atomic mass is 10.5.